The summed E-state index contributed by atoms with van der Waals surface area (Å²) < 4.78 is 11.3. The fourth-order valence-corrected chi connectivity index (χ4v) is 3.58. The van der Waals surface area contributed by atoms with Crippen molar-refractivity contribution in [3.8, 4) is 11.5 Å². The first-order chi connectivity index (χ1) is 12.8. The van der Waals surface area contributed by atoms with Crippen molar-refractivity contribution in [2.45, 2.75) is 31.9 Å². The van der Waals surface area contributed by atoms with Gasteiger partial charge in [0.05, 0.1) is 13.2 Å². The van der Waals surface area contributed by atoms with Crippen LogP contribution in [-0.4, -0.2) is 18.6 Å². The average Bonchev–Trinajstić information content (AvgIpc) is 2.59. The summed E-state index contributed by atoms with van der Waals surface area (Å²) in [6.45, 7) is 4.00. The highest BCUT2D eigenvalue weighted by molar-refractivity contribution is 6.35. The molecule has 3 rings (SSSR count). The van der Waals surface area contributed by atoms with Gasteiger partial charge in [-0.15, -0.1) is 0 Å². The van der Waals surface area contributed by atoms with Crippen LogP contribution < -0.4 is 14.8 Å². The second kappa shape index (κ2) is 7.83. The highest BCUT2D eigenvalue weighted by Gasteiger charge is 2.34. The molecule has 142 valence electrons. The van der Waals surface area contributed by atoms with E-state index in [1.165, 1.54) is 6.08 Å². The van der Waals surface area contributed by atoms with Gasteiger partial charge < -0.3 is 14.8 Å². The van der Waals surface area contributed by atoms with Gasteiger partial charge in [0.1, 0.15) is 17.1 Å². The fraction of sp³-hybridized carbons (Fsp3) is 0.286. The summed E-state index contributed by atoms with van der Waals surface area (Å²) in [6.07, 6.45) is 3.81. The SMILES string of the molecule is COc1ccc2c(c1)OC(C)(C)C[C@@H]2NC(=O)/C=C/c1ccc(Cl)cc1Cl. The maximum atomic E-state index is 12.5. The molecule has 27 heavy (non-hydrogen) atoms. The Kier molecular flexibility index (Phi) is 5.68. The van der Waals surface area contributed by atoms with Gasteiger partial charge in [0, 0.05) is 34.2 Å². The first-order valence-electron chi connectivity index (χ1n) is 8.58. The summed E-state index contributed by atoms with van der Waals surface area (Å²) in [5.41, 5.74) is 1.26. The van der Waals surface area contributed by atoms with E-state index in [0.717, 1.165) is 16.9 Å². The van der Waals surface area contributed by atoms with E-state index in [2.05, 4.69) is 5.32 Å². The lowest BCUT2D eigenvalue weighted by molar-refractivity contribution is -0.117. The lowest BCUT2D eigenvalue weighted by Gasteiger charge is -2.37. The molecule has 1 amide bonds. The molecule has 1 aliphatic rings. The minimum absolute atomic E-state index is 0.160. The predicted molar refractivity (Wildman–Crippen MR) is 109 cm³/mol. The number of fused-ring (bicyclic) bond motifs is 1. The highest BCUT2D eigenvalue weighted by atomic mass is 35.5. The van der Waals surface area contributed by atoms with Crippen LogP contribution in [-0.2, 0) is 4.79 Å². The average molecular weight is 406 g/mol. The van der Waals surface area contributed by atoms with Crippen LogP contribution in [0.2, 0.25) is 10.0 Å². The Morgan fingerprint density at radius 2 is 2.04 bits per heavy atom. The third-order valence-corrected chi connectivity index (χ3v) is 4.93. The molecular weight excluding hydrogens is 385 g/mol. The van der Waals surface area contributed by atoms with Crippen LogP contribution in [0, 0.1) is 0 Å². The molecule has 2 aromatic rings. The van der Waals surface area contributed by atoms with E-state index in [4.69, 9.17) is 32.7 Å². The summed E-state index contributed by atoms with van der Waals surface area (Å²) in [6, 6.07) is 10.6. The largest absolute Gasteiger partial charge is 0.497 e. The topological polar surface area (TPSA) is 47.6 Å². The molecule has 1 N–H and O–H groups in total. The van der Waals surface area contributed by atoms with Gasteiger partial charge in [0.25, 0.3) is 0 Å². The normalized spacial score (nSPS) is 17.9. The predicted octanol–water partition coefficient (Wildman–Crippen LogP) is 5.43. The number of methoxy groups -OCH3 is 1. The number of halogens is 2. The molecule has 0 fully saturated rings. The second-order valence-corrected chi connectivity index (χ2v) is 7.87. The van der Waals surface area contributed by atoms with Crippen LogP contribution in [0.4, 0.5) is 0 Å². The van der Waals surface area contributed by atoms with E-state index in [1.807, 2.05) is 32.0 Å². The number of rotatable bonds is 4. The molecule has 4 nitrogen and oxygen atoms in total. The third kappa shape index (κ3) is 4.76. The molecule has 0 saturated heterocycles. The fourth-order valence-electron chi connectivity index (χ4n) is 3.11. The Bertz CT molecular complexity index is 893. The van der Waals surface area contributed by atoms with Gasteiger partial charge in [-0.1, -0.05) is 29.3 Å². The Hall–Kier alpha value is -2.17. The van der Waals surface area contributed by atoms with Crippen molar-refractivity contribution in [3.05, 3.63) is 63.6 Å². The van der Waals surface area contributed by atoms with E-state index in [-0.39, 0.29) is 11.9 Å². The van der Waals surface area contributed by atoms with Crippen LogP contribution >= 0.6 is 23.2 Å². The molecule has 0 radical (unpaired) electrons. The number of carbonyl (C=O) groups excluding carboxylic acids is 1. The van der Waals surface area contributed by atoms with Gasteiger partial charge in [-0.25, -0.2) is 0 Å². The quantitative estimate of drug-likeness (QED) is 0.689. The Morgan fingerprint density at radius 1 is 1.26 bits per heavy atom. The van der Waals surface area contributed by atoms with Crippen LogP contribution in [0.5, 0.6) is 11.5 Å². The molecule has 0 aliphatic carbocycles. The number of carbonyl (C=O) groups is 1. The van der Waals surface area contributed by atoms with Gasteiger partial charge >= 0.3 is 0 Å². The molecule has 0 saturated carbocycles. The van der Waals surface area contributed by atoms with Crippen LogP contribution in [0.1, 0.15) is 37.4 Å². The zero-order chi connectivity index (χ0) is 19.6. The highest BCUT2D eigenvalue weighted by Crippen LogP contribution is 2.41. The van der Waals surface area contributed by atoms with Crippen molar-refractivity contribution in [1.82, 2.24) is 5.32 Å². The van der Waals surface area contributed by atoms with E-state index < -0.39 is 5.60 Å². The van der Waals surface area contributed by atoms with Gasteiger partial charge in [0.15, 0.2) is 0 Å². The molecule has 0 bridgehead atoms. The summed E-state index contributed by atoms with van der Waals surface area (Å²) in [4.78, 5) is 12.5. The van der Waals surface area contributed by atoms with Crippen molar-refractivity contribution in [2.24, 2.45) is 0 Å². The van der Waals surface area contributed by atoms with Gasteiger partial charge in [-0.2, -0.15) is 0 Å². The first kappa shape index (κ1) is 19.6. The summed E-state index contributed by atoms with van der Waals surface area (Å²) in [5, 5.41) is 4.10. The number of hydrogen-bond donors (Lipinski definition) is 1. The van der Waals surface area contributed by atoms with Crippen molar-refractivity contribution < 1.29 is 14.3 Å². The maximum Gasteiger partial charge on any atom is 0.244 e. The Balaban J connectivity index is 1.78. The number of ether oxygens (including phenoxy) is 2. The van der Waals surface area contributed by atoms with Crippen molar-refractivity contribution in [3.63, 3.8) is 0 Å². The van der Waals surface area contributed by atoms with Crippen LogP contribution in [0.3, 0.4) is 0 Å². The number of hydrogen-bond acceptors (Lipinski definition) is 3. The van der Waals surface area contributed by atoms with Crippen LogP contribution in [0.15, 0.2) is 42.5 Å². The van der Waals surface area contributed by atoms with Gasteiger partial charge in [-0.05, 0) is 49.8 Å². The minimum atomic E-state index is -0.402. The molecule has 1 heterocycles. The van der Waals surface area contributed by atoms with Crippen LogP contribution in [0.25, 0.3) is 6.08 Å². The van der Waals surface area contributed by atoms with Gasteiger partial charge in [0.2, 0.25) is 5.91 Å². The molecule has 1 atom stereocenters. The number of nitrogens with one attached hydrogen (secondary N) is 1. The summed E-state index contributed by atoms with van der Waals surface area (Å²) in [7, 11) is 1.61. The molecule has 0 aromatic heterocycles. The Morgan fingerprint density at radius 3 is 2.74 bits per heavy atom. The van der Waals surface area contributed by atoms with E-state index in [0.29, 0.717) is 22.2 Å². The van der Waals surface area contributed by atoms with E-state index >= 15 is 0 Å². The second-order valence-electron chi connectivity index (χ2n) is 7.03. The van der Waals surface area contributed by atoms with E-state index in [1.54, 1.807) is 31.4 Å². The van der Waals surface area contributed by atoms with Crippen molar-refractivity contribution >= 4 is 35.2 Å². The first-order valence-corrected chi connectivity index (χ1v) is 9.33. The number of benzene rings is 2. The molecule has 0 spiro atoms. The summed E-state index contributed by atoms with van der Waals surface area (Å²) in [5.74, 6) is 1.24. The lowest BCUT2D eigenvalue weighted by atomic mass is 9.89. The third-order valence-electron chi connectivity index (χ3n) is 4.37. The standard InChI is InChI=1S/C21H21Cl2NO3/c1-21(2)12-18(16-8-7-15(26-3)11-19(16)27-21)24-20(25)9-5-13-4-6-14(22)10-17(13)23/h4-11,18H,12H2,1-3H3,(H,24,25)/b9-5+/t18-/m0/s1. The van der Waals surface area contributed by atoms with Crippen molar-refractivity contribution in [2.75, 3.05) is 7.11 Å². The maximum absolute atomic E-state index is 12.5. The zero-order valence-corrected chi connectivity index (χ0v) is 16.9. The monoisotopic (exact) mass is 405 g/mol. The number of amides is 1. The molecular formula is C21H21Cl2NO3. The smallest absolute Gasteiger partial charge is 0.244 e. The zero-order valence-electron chi connectivity index (χ0n) is 15.4. The minimum Gasteiger partial charge on any atom is -0.497 e. The van der Waals surface area contributed by atoms with Crippen molar-refractivity contribution in [1.29, 1.82) is 0 Å². The lowest BCUT2D eigenvalue weighted by Crippen LogP contribution is -2.40. The molecule has 2 aromatic carbocycles. The molecule has 1 aliphatic heterocycles. The Labute approximate surface area is 169 Å². The molecule has 0 unspecified atom stereocenters. The van der Waals surface area contributed by atoms with E-state index in [9.17, 15) is 4.79 Å². The van der Waals surface area contributed by atoms with Gasteiger partial charge in [-0.3, -0.25) is 4.79 Å². The molecule has 6 heteroatoms. The summed E-state index contributed by atoms with van der Waals surface area (Å²) >= 11 is 12.0.